The molecule has 0 aliphatic carbocycles. The van der Waals surface area contributed by atoms with Gasteiger partial charge in [-0.05, 0) is 42.8 Å². The number of aryl methyl sites for hydroxylation is 2. The molecule has 0 amide bonds. The molecule has 0 bridgehead atoms. The minimum absolute atomic E-state index is 0.577. The Kier molecular flexibility index (Phi) is 4.39. The summed E-state index contributed by atoms with van der Waals surface area (Å²) in [6, 6.07) is 14.7. The molecule has 4 heterocycles. The molecule has 0 fully saturated rings. The molecule has 0 saturated heterocycles. The zero-order valence-electron chi connectivity index (χ0n) is 18.5. The number of rotatable bonds is 2. The van der Waals surface area contributed by atoms with Crippen LogP contribution in [0.15, 0.2) is 55.0 Å². The number of nitrogens with one attached hydrogen (secondary N) is 1. The van der Waals surface area contributed by atoms with Gasteiger partial charge in [0.15, 0.2) is 5.52 Å². The zero-order chi connectivity index (χ0) is 22.5. The van der Waals surface area contributed by atoms with Crippen LogP contribution in [0.4, 0.5) is 11.8 Å². The largest absolute Gasteiger partial charge is 0.491 e. The predicted octanol–water partition coefficient (Wildman–Crippen LogP) is 3.29. The van der Waals surface area contributed by atoms with E-state index < -0.39 is 0 Å². The molecule has 5 aromatic rings. The predicted molar refractivity (Wildman–Crippen MR) is 128 cm³/mol. The van der Waals surface area contributed by atoms with Gasteiger partial charge in [0.2, 0.25) is 0 Å². The van der Waals surface area contributed by atoms with Crippen LogP contribution in [-0.2, 0) is 13.6 Å². The molecule has 0 atom stereocenters. The lowest BCUT2D eigenvalue weighted by atomic mass is 10.0. The van der Waals surface area contributed by atoms with Crippen molar-refractivity contribution < 1.29 is 9.30 Å². The fraction of sp³-hybridized carbons (Fsp3) is 0.200. The van der Waals surface area contributed by atoms with Gasteiger partial charge in [0, 0.05) is 23.1 Å². The highest BCUT2D eigenvalue weighted by molar-refractivity contribution is 5.90. The van der Waals surface area contributed by atoms with Gasteiger partial charge in [-0.2, -0.15) is 0 Å². The van der Waals surface area contributed by atoms with Crippen molar-refractivity contribution in [2.45, 2.75) is 13.5 Å². The number of aromatic nitrogens is 5. The van der Waals surface area contributed by atoms with E-state index in [1.165, 1.54) is 5.56 Å². The minimum atomic E-state index is 0.577. The first kappa shape index (κ1) is 19.5. The lowest BCUT2D eigenvalue weighted by molar-refractivity contribution is -0.631. The van der Waals surface area contributed by atoms with Crippen LogP contribution in [0.3, 0.4) is 0 Å². The summed E-state index contributed by atoms with van der Waals surface area (Å²) in [5, 5.41) is 1.06. The molecule has 33 heavy (non-hydrogen) atoms. The average molecular weight is 439 g/mol. The summed E-state index contributed by atoms with van der Waals surface area (Å²) in [5.41, 5.74) is 13.1. The molecule has 2 aromatic carbocycles. The third kappa shape index (κ3) is 3.31. The summed E-state index contributed by atoms with van der Waals surface area (Å²) in [5.74, 6) is 2.41. The van der Waals surface area contributed by atoms with Crippen LogP contribution in [0.25, 0.3) is 33.2 Å². The highest BCUT2D eigenvalue weighted by Gasteiger charge is 2.20. The van der Waals surface area contributed by atoms with Gasteiger partial charge in [0.25, 0.3) is 5.65 Å². The SMILES string of the molecule is Cc1ccc2ncnc(N3CCOc4ccc(-c5cnc6c(c5)[nH]c(N)[n+]6C)cc4C3)c2c1. The van der Waals surface area contributed by atoms with Crippen molar-refractivity contribution in [2.75, 3.05) is 23.8 Å². The Morgan fingerprint density at radius 3 is 2.88 bits per heavy atom. The first-order valence-electron chi connectivity index (χ1n) is 10.9. The van der Waals surface area contributed by atoms with Crippen LogP contribution in [-0.4, -0.2) is 33.1 Å². The Hall–Kier alpha value is -4.20. The lowest BCUT2D eigenvalue weighted by Crippen LogP contribution is -2.30. The number of hydrogen-bond donors (Lipinski definition) is 2. The van der Waals surface area contributed by atoms with E-state index in [1.807, 2.05) is 29.9 Å². The number of anilines is 2. The highest BCUT2D eigenvalue weighted by atomic mass is 16.5. The first-order valence-corrected chi connectivity index (χ1v) is 10.9. The number of nitrogens with two attached hydrogens (primary N) is 1. The fourth-order valence-corrected chi connectivity index (χ4v) is 4.47. The van der Waals surface area contributed by atoms with E-state index in [1.54, 1.807) is 6.33 Å². The van der Waals surface area contributed by atoms with Crippen LogP contribution >= 0.6 is 0 Å². The van der Waals surface area contributed by atoms with Gasteiger partial charge in [-0.15, -0.1) is 4.98 Å². The molecule has 3 N–H and O–H groups in total. The quantitative estimate of drug-likeness (QED) is 0.411. The Morgan fingerprint density at radius 2 is 1.97 bits per heavy atom. The van der Waals surface area contributed by atoms with E-state index in [-0.39, 0.29) is 0 Å². The number of nitrogen functional groups attached to an aromatic ring is 1. The Morgan fingerprint density at radius 1 is 1.06 bits per heavy atom. The maximum absolute atomic E-state index is 6.09. The summed E-state index contributed by atoms with van der Waals surface area (Å²) in [7, 11) is 1.90. The molecule has 164 valence electrons. The second-order valence-corrected chi connectivity index (χ2v) is 8.47. The van der Waals surface area contributed by atoms with Crippen molar-refractivity contribution in [2.24, 2.45) is 7.05 Å². The molecule has 1 aliphatic heterocycles. The van der Waals surface area contributed by atoms with Gasteiger partial charge in [0.05, 0.1) is 25.3 Å². The van der Waals surface area contributed by atoms with Gasteiger partial charge in [-0.3, -0.25) is 4.98 Å². The number of benzene rings is 2. The molecular weight excluding hydrogens is 414 g/mol. The monoisotopic (exact) mass is 438 g/mol. The first-order chi connectivity index (χ1) is 16.1. The van der Waals surface area contributed by atoms with Crippen LogP contribution in [0.2, 0.25) is 0 Å². The number of ether oxygens (including phenoxy) is 1. The third-order valence-electron chi connectivity index (χ3n) is 6.25. The van der Waals surface area contributed by atoms with E-state index >= 15 is 0 Å². The number of hydrogen-bond acceptors (Lipinski definition) is 6. The second-order valence-electron chi connectivity index (χ2n) is 8.47. The molecule has 1 aliphatic rings. The standard InChI is InChI=1S/C25H23N7O/c1-15-3-5-20-19(9-15)23(29-14-28-20)32-7-8-33-22-6-4-16(10-18(22)13-32)17-11-21-24(27-12-17)31(2)25(26)30-21/h3-6,9-12,14H,7-8,13H2,1-2H3,(H2,26,30)/p+1. The van der Waals surface area contributed by atoms with Gasteiger partial charge < -0.3 is 15.4 Å². The summed E-state index contributed by atoms with van der Waals surface area (Å²) in [6.07, 6.45) is 3.52. The van der Waals surface area contributed by atoms with Crippen LogP contribution in [0.1, 0.15) is 11.1 Å². The summed E-state index contributed by atoms with van der Waals surface area (Å²) < 4.78 is 7.93. The van der Waals surface area contributed by atoms with Crippen LogP contribution in [0.5, 0.6) is 5.75 Å². The summed E-state index contributed by atoms with van der Waals surface area (Å²) >= 11 is 0. The molecule has 0 saturated carbocycles. The van der Waals surface area contributed by atoms with Crippen molar-refractivity contribution >= 4 is 33.8 Å². The molecular formula is C25H24N7O+. The average Bonchev–Trinajstić information content (AvgIpc) is 2.98. The van der Waals surface area contributed by atoms with Crippen molar-refractivity contribution in [1.29, 1.82) is 0 Å². The highest BCUT2D eigenvalue weighted by Crippen LogP contribution is 2.33. The van der Waals surface area contributed by atoms with E-state index in [4.69, 9.17) is 10.5 Å². The smallest absolute Gasteiger partial charge is 0.312 e. The number of imidazole rings is 1. The van der Waals surface area contributed by atoms with E-state index in [2.05, 4.69) is 62.1 Å². The summed E-state index contributed by atoms with van der Waals surface area (Å²) in [6.45, 7) is 4.13. The summed E-state index contributed by atoms with van der Waals surface area (Å²) in [4.78, 5) is 19.2. The topological polar surface area (TPSA) is 96.8 Å². The molecule has 0 radical (unpaired) electrons. The number of aromatic amines is 1. The van der Waals surface area contributed by atoms with Crippen molar-refractivity contribution in [3.05, 3.63) is 66.1 Å². The number of nitrogens with zero attached hydrogens (tertiary/aromatic N) is 5. The van der Waals surface area contributed by atoms with E-state index in [0.29, 0.717) is 19.1 Å². The van der Waals surface area contributed by atoms with Crippen LogP contribution in [0, 0.1) is 6.92 Å². The number of fused-ring (bicyclic) bond motifs is 3. The third-order valence-corrected chi connectivity index (χ3v) is 6.25. The molecule has 0 spiro atoms. The van der Waals surface area contributed by atoms with Gasteiger partial charge in [0.1, 0.15) is 24.5 Å². The molecule has 8 heteroatoms. The van der Waals surface area contributed by atoms with Crippen molar-refractivity contribution in [1.82, 2.24) is 19.9 Å². The normalized spacial score (nSPS) is 13.7. The zero-order valence-corrected chi connectivity index (χ0v) is 18.5. The second kappa shape index (κ2) is 7.44. The maximum atomic E-state index is 6.09. The molecule has 0 unspecified atom stereocenters. The Labute approximate surface area is 190 Å². The Bertz CT molecular complexity index is 1520. The number of H-pyrrole nitrogens is 1. The molecule has 8 nitrogen and oxygen atoms in total. The van der Waals surface area contributed by atoms with Crippen LogP contribution < -0.4 is 19.9 Å². The number of pyridine rings is 1. The van der Waals surface area contributed by atoms with Gasteiger partial charge in [-0.1, -0.05) is 17.7 Å². The lowest BCUT2D eigenvalue weighted by Gasteiger charge is -2.22. The van der Waals surface area contributed by atoms with Crippen molar-refractivity contribution in [3.63, 3.8) is 0 Å². The minimum Gasteiger partial charge on any atom is -0.491 e. The van der Waals surface area contributed by atoms with E-state index in [0.717, 1.165) is 56.9 Å². The molecule has 3 aromatic heterocycles. The maximum Gasteiger partial charge on any atom is 0.312 e. The molecule has 6 rings (SSSR count). The van der Waals surface area contributed by atoms with E-state index in [9.17, 15) is 0 Å². The Balaban J connectivity index is 1.40. The fourth-order valence-electron chi connectivity index (χ4n) is 4.47. The van der Waals surface area contributed by atoms with Gasteiger partial charge >= 0.3 is 5.95 Å². The van der Waals surface area contributed by atoms with Gasteiger partial charge in [-0.25, -0.2) is 14.5 Å². The van der Waals surface area contributed by atoms with Crippen molar-refractivity contribution in [3.8, 4) is 16.9 Å².